The fraction of sp³-hybridized carbons (Fsp3) is 0.440. The molecule has 2 aromatic carbocycles. The number of ether oxygens (including phenoxy) is 1. The van der Waals surface area contributed by atoms with Crippen LogP contribution in [0.5, 0.6) is 5.75 Å². The molecule has 0 aromatic heterocycles. The molecule has 196 valence electrons. The first-order valence-corrected chi connectivity index (χ1v) is 12.9. The summed E-state index contributed by atoms with van der Waals surface area (Å²) in [4.78, 5) is 29.4. The number of nitrogens with one attached hydrogen (secondary N) is 2. The Bertz CT molecular complexity index is 1050. The maximum Gasteiger partial charge on any atom is 0.258 e. The van der Waals surface area contributed by atoms with Crippen molar-refractivity contribution in [2.45, 2.75) is 19.5 Å². The number of benzene rings is 2. The van der Waals surface area contributed by atoms with E-state index in [1.165, 1.54) is 6.07 Å². The van der Waals surface area contributed by atoms with Gasteiger partial charge in [0.05, 0.1) is 22.2 Å². The van der Waals surface area contributed by atoms with E-state index in [4.69, 9.17) is 44.6 Å². The van der Waals surface area contributed by atoms with Crippen LogP contribution in [-0.2, 0) is 11.3 Å². The highest BCUT2D eigenvalue weighted by Gasteiger charge is 2.19. The Balaban J connectivity index is 1.43. The molecule has 0 spiro atoms. The number of hydrogen-bond donors (Lipinski definition) is 3. The third-order valence-electron chi connectivity index (χ3n) is 5.80. The highest BCUT2D eigenvalue weighted by molar-refractivity contribution is 6.42. The second kappa shape index (κ2) is 14.0. The van der Waals surface area contributed by atoms with Gasteiger partial charge < -0.3 is 20.5 Å². The average molecular weight is 558 g/mol. The van der Waals surface area contributed by atoms with Gasteiger partial charge in [0, 0.05) is 56.9 Å². The zero-order valence-corrected chi connectivity index (χ0v) is 22.4. The molecule has 1 heterocycles. The lowest BCUT2D eigenvalue weighted by molar-refractivity contribution is -0.124. The summed E-state index contributed by atoms with van der Waals surface area (Å²) < 4.78 is 5.55. The Morgan fingerprint density at radius 3 is 2.44 bits per heavy atom. The van der Waals surface area contributed by atoms with Crippen LogP contribution in [0.1, 0.15) is 22.8 Å². The van der Waals surface area contributed by atoms with E-state index in [0.717, 1.165) is 44.8 Å². The number of piperazine rings is 1. The first-order valence-electron chi connectivity index (χ1n) is 11.7. The minimum Gasteiger partial charge on any atom is -0.483 e. The summed E-state index contributed by atoms with van der Waals surface area (Å²) in [5.41, 5.74) is 1.43. The van der Waals surface area contributed by atoms with Crippen LogP contribution in [0.4, 0.5) is 0 Å². The van der Waals surface area contributed by atoms with Crippen molar-refractivity contribution in [1.82, 2.24) is 20.4 Å². The Labute approximate surface area is 226 Å². The van der Waals surface area contributed by atoms with Crippen molar-refractivity contribution >= 4 is 46.6 Å². The van der Waals surface area contributed by atoms with Crippen LogP contribution in [0.3, 0.4) is 0 Å². The van der Waals surface area contributed by atoms with Gasteiger partial charge in [-0.25, -0.2) is 0 Å². The van der Waals surface area contributed by atoms with Gasteiger partial charge in [-0.15, -0.1) is 0 Å². The van der Waals surface area contributed by atoms with Gasteiger partial charge in [-0.2, -0.15) is 0 Å². The molecular formula is C25H31Cl3N4O4. The topological polar surface area (TPSA) is 94.1 Å². The molecule has 3 N–H and O–H groups in total. The fourth-order valence-corrected chi connectivity index (χ4v) is 4.28. The lowest BCUT2D eigenvalue weighted by atomic mass is 10.2. The summed E-state index contributed by atoms with van der Waals surface area (Å²) in [6, 6.07) is 10.0. The minimum absolute atomic E-state index is 0.178. The van der Waals surface area contributed by atoms with Crippen LogP contribution < -0.4 is 15.4 Å². The molecule has 0 saturated carbocycles. The summed E-state index contributed by atoms with van der Waals surface area (Å²) in [5, 5.41) is 16.1. The van der Waals surface area contributed by atoms with Crippen LogP contribution in [0.15, 0.2) is 36.4 Å². The molecule has 1 unspecified atom stereocenters. The predicted octanol–water partition coefficient (Wildman–Crippen LogP) is 3.07. The Kier molecular flexibility index (Phi) is 11.1. The van der Waals surface area contributed by atoms with Crippen LogP contribution in [0.25, 0.3) is 0 Å². The fourth-order valence-electron chi connectivity index (χ4n) is 3.80. The zero-order chi connectivity index (χ0) is 26.1. The lowest BCUT2D eigenvalue weighted by Crippen LogP contribution is -2.48. The summed E-state index contributed by atoms with van der Waals surface area (Å²) in [6.45, 7) is 6.84. The molecule has 1 aliphatic rings. The van der Waals surface area contributed by atoms with Gasteiger partial charge in [-0.3, -0.25) is 19.4 Å². The van der Waals surface area contributed by atoms with E-state index in [9.17, 15) is 9.59 Å². The summed E-state index contributed by atoms with van der Waals surface area (Å²) >= 11 is 18.2. The van der Waals surface area contributed by atoms with Crippen molar-refractivity contribution in [3.8, 4) is 5.75 Å². The van der Waals surface area contributed by atoms with Gasteiger partial charge in [0.25, 0.3) is 11.8 Å². The van der Waals surface area contributed by atoms with Gasteiger partial charge in [-0.1, -0.05) is 40.9 Å². The molecule has 36 heavy (non-hydrogen) atoms. The molecule has 2 aromatic rings. The van der Waals surface area contributed by atoms with Crippen LogP contribution in [0, 0.1) is 0 Å². The quantitative estimate of drug-likeness (QED) is 0.393. The minimum atomic E-state index is -0.402. The van der Waals surface area contributed by atoms with Crippen molar-refractivity contribution in [2.75, 3.05) is 52.5 Å². The van der Waals surface area contributed by atoms with Crippen LogP contribution in [-0.4, -0.2) is 85.2 Å². The molecule has 2 amide bonds. The first kappa shape index (κ1) is 28.5. The first-order chi connectivity index (χ1) is 17.2. The van der Waals surface area contributed by atoms with Gasteiger partial charge >= 0.3 is 0 Å². The molecule has 0 radical (unpaired) electrons. The Hall–Kier alpha value is -2.07. The summed E-state index contributed by atoms with van der Waals surface area (Å²) in [7, 11) is 0. The number of hydrogen-bond acceptors (Lipinski definition) is 6. The van der Waals surface area contributed by atoms with Gasteiger partial charge in [-0.05, 0) is 42.8 Å². The standard InChI is InChI=1S/C25H31Cl3N4O4/c1-17(15-33)30-24(34)16-36-23-13-19(26)3-4-20(23)25(35)29-6-7-31-8-10-32(11-9-31)14-18-2-5-21(27)22(28)12-18/h2-5,12-13,17,33H,6-11,14-16H2,1H3,(H,29,35)(H,30,34). The van der Waals surface area contributed by atoms with Crippen LogP contribution >= 0.6 is 34.8 Å². The smallest absolute Gasteiger partial charge is 0.258 e. The van der Waals surface area contributed by atoms with Gasteiger partial charge in [0.1, 0.15) is 5.75 Å². The van der Waals surface area contributed by atoms with E-state index in [1.54, 1.807) is 19.1 Å². The molecule has 11 heteroatoms. The monoisotopic (exact) mass is 556 g/mol. The number of aliphatic hydroxyl groups excluding tert-OH is 1. The van der Waals surface area contributed by atoms with Crippen molar-refractivity contribution in [3.05, 3.63) is 62.6 Å². The molecule has 1 fully saturated rings. The van der Waals surface area contributed by atoms with Gasteiger partial charge in [0.2, 0.25) is 0 Å². The number of amides is 2. The molecule has 1 saturated heterocycles. The Morgan fingerprint density at radius 2 is 1.75 bits per heavy atom. The van der Waals surface area contributed by atoms with E-state index < -0.39 is 5.91 Å². The SMILES string of the molecule is CC(CO)NC(=O)COc1cc(Cl)ccc1C(=O)NCCN1CCN(Cc2ccc(Cl)c(Cl)c2)CC1. The van der Waals surface area contributed by atoms with E-state index >= 15 is 0 Å². The van der Waals surface area contributed by atoms with Crippen molar-refractivity contribution in [1.29, 1.82) is 0 Å². The number of carbonyl (C=O) groups is 2. The van der Waals surface area contributed by atoms with E-state index in [1.807, 2.05) is 18.2 Å². The highest BCUT2D eigenvalue weighted by atomic mass is 35.5. The number of rotatable bonds is 11. The molecule has 1 atom stereocenters. The summed E-state index contributed by atoms with van der Waals surface area (Å²) in [6.07, 6.45) is 0. The predicted molar refractivity (Wildman–Crippen MR) is 142 cm³/mol. The average Bonchev–Trinajstić information content (AvgIpc) is 2.86. The van der Waals surface area contributed by atoms with Crippen LogP contribution in [0.2, 0.25) is 15.1 Å². The second-order valence-electron chi connectivity index (χ2n) is 8.70. The zero-order valence-electron chi connectivity index (χ0n) is 20.1. The molecular weight excluding hydrogens is 527 g/mol. The third-order valence-corrected chi connectivity index (χ3v) is 6.77. The third kappa shape index (κ3) is 8.80. The number of nitrogens with zero attached hydrogens (tertiary/aromatic N) is 2. The van der Waals surface area contributed by atoms with E-state index in [-0.39, 0.29) is 30.9 Å². The number of carbonyl (C=O) groups excluding carboxylic acids is 2. The Morgan fingerprint density at radius 1 is 1.03 bits per heavy atom. The molecule has 0 bridgehead atoms. The normalized spacial score (nSPS) is 15.4. The molecule has 8 nitrogen and oxygen atoms in total. The maximum absolute atomic E-state index is 12.8. The van der Waals surface area contributed by atoms with E-state index in [2.05, 4.69) is 20.4 Å². The maximum atomic E-state index is 12.8. The number of halogens is 3. The largest absolute Gasteiger partial charge is 0.483 e. The summed E-state index contributed by atoms with van der Waals surface area (Å²) in [5.74, 6) is -0.479. The van der Waals surface area contributed by atoms with Gasteiger partial charge in [0.15, 0.2) is 6.61 Å². The lowest BCUT2D eigenvalue weighted by Gasteiger charge is -2.34. The highest BCUT2D eigenvalue weighted by Crippen LogP contribution is 2.24. The van der Waals surface area contributed by atoms with Crippen molar-refractivity contribution < 1.29 is 19.4 Å². The van der Waals surface area contributed by atoms with E-state index in [0.29, 0.717) is 27.2 Å². The second-order valence-corrected chi connectivity index (χ2v) is 9.95. The van der Waals surface area contributed by atoms with Crippen molar-refractivity contribution in [3.63, 3.8) is 0 Å². The number of aliphatic hydroxyl groups is 1. The van der Waals surface area contributed by atoms with Crippen molar-refractivity contribution in [2.24, 2.45) is 0 Å². The molecule has 0 aliphatic carbocycles. The molecule has 3 rings (SSSR count). The molecule has 1 aliphatic heterocycles.